The maximum Gasteiger partial charge on any atom is 0.0416 e. The first-order valence-electron chi connectivity index (χ1n) is 6.22. The molecule has 0 rings (SSSR count). The van der Waals surface area contributed by atoms with Gasteiger partial charge in [0.1, 0.15) is 0 Å². The van der Waals surface area contributed by atoms with Gasteiger partial charge in [-0.1, -0.05) is 13.8 Å². The molecule has 2 atom stereocenters. The summed E-state index contributed by atoms with van der Waals surface area (Å²) in [6, 6.07) is 0.271. The van der Waals surface area contributed by atoms with Crippen molar-refractivity contribution in [2.24, 2.45) is 5.41 Å². The van der Waals surface area contributed by atoms with Crippen LogP contribution in [0.15, 0.2) is 0 Å². The minimum absolute atomic E-state index is 0.118. The van der Waals surface area contributed by atoms with E-state index in [9.17, 15) is 0 Å². The predicted octanol–water partition coefficient (Wildman–Crippen LogP) is 2.05. The fourth-order valence-corrected chi connectivity index (χ4v) is 1.23. The van der Waals surface area contributed by atoms with Crippen LogP contribution in [0.3, 0.4) is 0 Å². The van der Waals surface area contributed by atoms with Gasteiger partial charge < -0.3 is 21.5 Å². The Labute approximate surface area is 106 Å². The zero-order chi connectivity index (χ0) is 13.6. The molecule has 0 fully saturated rings. The van der Waals surface area contributed by atoms with Crippen molar-refractivity contribution in [3.63, 3.8) is 0 Å². The highest BCUT2D eigenvalue weighted by Gasteiger charge is 2.20. The third-order valence-corrected chi connectivity index (χ3v) is 3.07. The van der Waals surface area contributed by atoms with Crippen LogP contribution in [0.25, 0.3) is 0 Å². The maximum atomic E-state index is 7.53. The number of rotatable bonds is 8. The van der Waals surface area contributed by atoms with Crippen LogP contribution in [0.1, 0.15) is 41.5 Å². The molecule has 100 valence electrons. The van der Waals surface area contributed by atoms with Crippen molar-refractivity contribution in [3.8, 4) is 0 Å². The second kappa shape index (κ2) is 6.87. The number of hydrogen-bond acceptors (Lipinski definition) is 4. The van der Waals surface area contributed by atoms with Crippen LogP contribution in [0.2, 0.25) is 0 Å². The van der Waals surface area contributed by atoms with E-state index in [1.807, 2.05) is 27.7 Å². The third-order valence-electron chi connectivity index (χ3n) is 3.07. The molecule has 0 spiro atoms. The zero-order valence-corrected chi connectivity index (χ0v) is 12.1. The summed E-state index contributed by atoms with van der Waals surface area (Å²) in [4.78, 5) is 0. The van der Waals surface area contributed by atoms with Gasteiger partial charge in [-0.25, -0.2) is 0 Å². The van der Waals surface area contributed by atoms with Gasteiger partial charge in [0, 0.05) is 36.6 Å². The molecule has 0 aromatic carbocycles. The monoisotopic (exact) mass is 240 g/mol. The molecule has 0 amide bonds. The molecule has 0 aromatic heterocycles. The summed E-state index contributed by atoms with van der Waals surface area (Å²) in [6.45, 7) is 13.8. The Morgan fingerprint density at radius 3 is 1.47 bits per heavy atom. The average Bonchev–Trinajstić information content (AvgIpc) is 2.22. The van der Waals surface area contributed by atoms with Crippen molar-refractivity contribution in [1.82, 2.24) is 10.6 Å². The summed E-state index contributed by atoms with van der Waals surface area (Å²) < 4.78 is 0. The van der Waals surface area contributed by atoms with Gasteiger partial charge in [0.2, 0.25) is 0 Å². The lowest BCUT2D eigenvalue weighted by Crippen LogP contribution is -2.45. The van der Waals surface area contributed by atoms with E-state index in [1.165, 1.54) is 0 Å². The van der Waals surface area contributed by atoms with Crippen LogP contribution in [0.4, 0.5) is 0 Å². The van der Waals surface area contributed by atoms with Gasteiger partial charge in [0.05, 0.1) is 0 Å². The highest BCUT2D eigenvalue weighted by molar-refractivity contribution is 5.84. The van der Waals surface area contributed by atoms with E-state index < -0.39 is 0 Å². The SMILES string of the molecule is CC(=N)C(C)NCC(C)(C)CNC(C)C(C)=N. The van der Waals surface area contributed by atoms with Gasteiger partial charge in [-0.3, -0.25) is 0 Å². The fourth-order valence-electron chi connectivity index (χ4n) is 1.23. The Morgan fingerprint density at radius 1 is 0.941 bits per heavy atom. The van der Waals surface area contributed by atoms with Crippen LogP contribution < -0.4 is 10.6 Å². The summed E-state index contributed by atoms with van der Waals surface area (Å²) in [7, 11) is 0. The Bertz CT molecular complexity index is 245. The van der Waals surface area contributed by atoms with E-state index >= 15 is 0 Å². The van der Waals surface area contributed by atoms with Crippen molar-refractivity contribution >= 4 is 11.4 Å². The normalized spacial score (nSPS) is 15.4. The first-order chi connectivity index (χ1) is 7.65. The Balaban J connectivity index is 4.03. The van der Waals surface area contributed by atoms with E-state index in [0.717, 1.165) is 13.1 Å². The van der Waals surface area contributed by atoms with Gasteiger partial charge in [-0.05, 0) is 33.1 Å². The quantitative estimate of drug-likeness (QED) is 0.490. The minimum atomic E-state index is 0.118. The fraction of sp³-hybridized carbons (Fsp3) is 0.846. The lowest BCUT2D eigenvalue weighted by Gasteiger charge is -2.29. The molecule has 0 saturated carbocycles. The van der Waals surface area contributed by atoms with Crippen molar-refractivity contribution in [2.75, 3.05) is 13.1 Å². The Kier molecular flexibility index (Phi) is 6.57. The van der Waals surface area contributed by atoms with Gasteiger partial charge in [-0.2, -0.15) is 0 Å². The highest BCUT2D eigenvalue weighted by Crippen LogP contribution is 2.12. The molecule has 4 heteroatoms. The molecule has 0 aliphatic carbocycles. The molecule has 4 N–H and O–H groups in total. The van der Waals surface area contributed by atoms with Gasteiger partial charge in [0.25, 0.3) is 0 Å². The molecule has 0 bridgehead atoms. The second-order valence-corrected chi connectivity index (χ2v) is 5.74. The zero-order valence-electron chi connectivity index (χ0n) is 12.1. The van der Waals surface area contributed by atoms with Crippen molar-refractivity contribution in [3.05, 3.63) is 0 Å². The van der Waals surface area contributed by atoms with Gasteiger partial charge >= 0.3 is 0 Å². The molecule has 2 unspecified atom stereocenters. The van der Waals surface area contributed by atoms with E-state index in [4.69, 9.17) is 10.8 Å². The molecule has 0 heterocycles. The smallest absolute Gasteiger partial charge is 0.0416 e. The van der Waals surface area contributed by atoms with Crippen LogP contribution in [0.5, 0.6) is 0 Å². The van der Waals surface area contributed by atoms with E-state index in [1.54, 1.807) is 0 Å². The van der Waals surface area contributed by atoms with Crippen LogP contribution in [-0.2, 0) is 0 Å². The summed E-state index contributed by atoms with van der Waals surface area (Å²) in [5, 5.41) is 21.8. The van der Waals surface area contributed by atoms with E-state index in [0.29, 0.717) is 11.4 Å². The van der Waals surface area contributed by atoms with E-state index in [2.05, 4.69) is 24.5 Å². The maximum absolute atomic E-state index is 7.53. The molecule has 17 heavy (non-hydrogen) atoms. The number of nitrogens with one attached hydrogen (secondary N) is 4. The third kappa shape index (κ3) is 7.23. The molecular formula is C13H28N4. The van der Waals surface area contributed by atoms with Crippen molar-refractivity contribution in [2.45, 2.75) is 53.6 Å². The van der Waals surface area contributed by atoms with Gasteiger partial charge in [0.15, 0.2) is 0 Å². The molecule has 0 aliphatic rings. The van der Waals surface area contributed by atoms with Crippen molar-refractivity contribution < 1.29 is 0 Å². The first-order valence-corrected chi connectivity index (χ1v) is 6.22. The highest BCUT2D eigenvalue weighted by atomic mass is 15.0. The van der Waals surface area contributed by atoms with Crippen LogP contribution in [-0.4, -0.2) is 36.6 Å². The topological polar surface area (TPSA) is 71.8 Å². The molecule has 0 aliphatic heterocycles. The first kappa shape index (κ1) is 16.3. The Morgan fingerprint density at radius 2 is 1.24 bits per heavy atom. The Hall–Kier alpha value is -0.740. The molecule has 0 aromatic rings. The average molecular weight is 240 g/mol. The molecular weight excluding hydrogens is 212 g/mol. The van der Waals surface area contributed by atoms with E-state index in [-0.39, 0.29) is 17.5 Å². The van der Waals surface area contributed by atoms with Gasteiger partial charge in [-0.15, -0.1) is 0 Å². The predicted molar refractivity (Wildman–Crippen MR) is 75.5 cm³/mol. The lowest BCUT2D eigenvalue weighted by molar-refractivity contribution is 0.314. The summed E-state index contributed by atoms with van der Waals surface area (Å²) in [5.74, 6) is 0. The van der Waals surface area contributed by atoms with Crippen LogP contribution in [0, 0.1) is 16.2 Å². The minimum Gasteiger partial charge on any atom is -0.309 e. The molecule has 4 nitrogen and oxygen atoms in total. The van der Waals surface area contributed by atoms with Crippen LogP contribution >= 0.6 is 0 Å². The standard InChI is InChI=1S/C13H28N4/c1-9(14)11(3)16-7-13(5,6)8-17-12(4)10(2)15/h11-12,14-17H,7-8H2,1-6H3. The van der Waals surface area contributed by atoms with Crippen molar-refractivity contribution in [1.29, 1.82) is 10.8 Å². The summed E-state index contributed by atoms with van der Waals surface area (Å²) in [6.07, 6.45) is 0. The summed E-state index contributed by atoms with van der Waals surface area (Å²) >= 11 is 0. The lowest BCUT2D eigenvalue weighted by atomic mass is 9.92. The molecule has 0 saturated heterocycles. The largest absolute Gasteiger partial charge is 0.309 e. The summed E-state index contributed by atoms with van der Waals surface area (Å²) in [5.41, 5.74) is 1.45. The second-order valence-electron chi connectivity index (χ2n) is 5.74. The number of hydrogen-bond donors (Lipinski definition) is 4. The molecule has 0 radical (unpaired) electrons.